The van der Waals surface area contributed by atoms with Crippen molar-refractivity contribution in [3.05, 3.63) is 0 Å². The summed E-state index contributed by atoms with van der Waals surface area (Å²) in [7, 11) is 0. The highest BCUT2D eigenvalue weighted by Crippen LogP contribution is 2.14. The largest absolute Gasteiger partial charge is 0.481 e. The topological polar surface area (TPSA) is 394 Å². The first kappa shape index (κ1) is 60.9. The first-order valence-electron chi connectivity index (χ1n) is 22.1. The third kappa shape index (κ3) is 23.9. The van der Waals surface area contributed by atoms with E-state index in [0.717, 1.165) is 0 Å². The number of carboxylic acids is 2. The van der Waals surface area contributed by atoms with E-state index < -0.39 is 138 Å². The molecule has 0 bridgehead atoms. The van der Waals surface area contributed by atoms with Crippen molar-refractivity contribution in [2.24, 2.45) is 40.9 Å². The molecule has 0 spiro atoms. The average Bonchev–Trinajstić information content (AvgIpc) is 3.21. The molecule has 0 aliphatic rings. The van der Waals surface area contributed by atoms with Gasteiger partial charge in [-0.3, -0.25) is 47.9 Å². The van der Waals surface area contributed by atoms with Gasteiger partial charge in [0.15, 0.2) is 0 Å². The molecule has 0 heterocycles. The molecule has 8 amide bonds. The molecule has 16 N–H and O–H groups in total. The zero-order valence-electron chi connectivity index (χ0n) is 39.6. The minimum Gasteiger partial charge on any atom is -0.481 e. The zero-order chi connectivity index (χ0) is 51.0. The van der Waals surface area contributed by atoms with E-state index in [1.165, 1.54) is 11.8 Å². The number of hydrogen-bond acceptors (Lipinski definition) is 14. The lowest BCUT2D eigenvalue weighted by Gasteiger charge is -2.31. The second kappa shape index (κ2) is 31.0. The first-order chi connectivity index (χ1) is 30.6. The molecule has 0 fully saturated rings. The number of aliphatic carboxylic acids is 2. The summed E-state index contributed by atoms with van der Waals surface area (Å²) in [6.45, 7) is 13.7. The number of primary amides is 2. The lowest BCUT2D eigenvalue weighted by atomic mass is 9.96. The van der Waals surface area contributed by atoms with Crippen molar-refractivity contribution < 1.29 is 63.3 Å². The highest BCUT2D eigenvalue weighted by molar-refractivity contribution is 7.98. The quantitative estimate of drug-likeness (QED) is 0.0325. The van der Waals surface area contributed by atoms with Gasteiger partial charge in [0.05, 0.1) is 37.1 Å². The zero-order valence-corrected chi connectivity index (χ0v) is 40.5. The highest BCUT2D eigenvalue weighted by Gasteiger charge is 2.36. The minimum atomic E-state index is -1.55. The Labute approximate surface area is 391 Å². The Morgan fingerprint density at radius 2 is 1.11 bits per heavy atom. The van der Waals surface area contributed by atoms with Crippen LogP contribution >= 0.6 is 11.8 Å². The number of amides is 8. The fourth-order valence-corrected chi connectivity index (χ4v) is 7.01. The van der Waals surface area contributed by atoms with Gasteiger partial charge in [-0.05, 0) is 61.4 Å². The first-order valence-corrected chi connectivity index (χ1v) is 23.5. The highest BCUT2D eigenvalue weighted by atomic mass is 32.2. The van der Waals surface area contributed by atoms with E-state index in [4.69, 9.17) is 27.4 Å². The Morgan fingerprint density at radius 1 is 0.591 bits per heavy atom. The summed E-state index contributed by atoms with van der Waals surface area (Å²) in [6, 6.07) is -9.95. The van der Waals surface area contributed by atoms with Crippen LogP contribution in [0.1, 0.15) is 107 Å². The minimum absolute atomic E-state index is 0.0952. The number of thioether (sulfide) groups is 1. The van der Waals surface area contributed by atoms with Crippen molar-refractivity contribution in [1.29, 1.82) is 0 Å². The number of aliphatic hydroxyl groups excluding tert-OH is 1. The van der Waals surface area contributed by atoms with E-state index in [2.05, 4.69) is 37.2 Å². The molecule has 66 heavy (non-hydrogen) atoms. The molecular weight excluding hydrogens is 885 g/mol. The lowest BCUT2D eigenvalue weighted by Crippen LogP contribution is -2.60. The predicted octanol–water partition coefficient (Wildman–Crippen LogP) is -2.21. The normalized spacial score (nSPS) is 16.0. The monoisotopic (exact) mass is 961 g/mol. The molecule has 0 aliphatic heterocycles. The van der Waals surface area contributed by atoms with Crippen LogP contribution < -0.4 is 54.4 Å². The number of rotatable bonds is 34. The summed E-state index contributed by atoms with van der Waals surface area (Å²) in [4.78, 5) is 127. The summed E-state index contributed by atoms with van der Waals surface area (Å²) < 4.78 is 0. The van der Waals surface area contributed by atoms with Gasteiger partial charge < -0.3 is 69.7 Å². The van der Waals surface area contributed by atoms with Gasteiger partial charge in [0.1, 0.15) is 30.2 Å². The van der Waals surface area contributed by atoms with Crippen LogP contribution in [0.4, 0.5) is 0 Å². The SMILES string of the molecule is CC[C@H](C)[C@H](NC(=O)[C@@H](N)CCC(=O)O)C(=O)N[C@@H](CC(N)=O)C(=O)N[C@@H](CC(C)C)[C@@H](O)CN[C@@H](CCSC)C(=O)N[C@H](C(=O)N[C@@H](CC(C)C)C(=O)N[C@@H](CC(=O)O)C(N)=O)C(C)C. The Kier molecular flexibility index (Phi) is 28.6. The van der Waals surface area contributed by atoms with E-state index in [1.807, 2.05) is 20.1 Å². The maximum absolute atomic E-state index is 13.9. The lowest BCUT2D eigenvalue weighted by molar-refractivity contribution is -0.140. The van der Waals surface area contributed by atoms with E-state index in [0.29, 0.717) is 12.2 Å². The molecule has 0 rings (SSSR count). The molecule has 24 heteroatoms. The van der Waals surface area contributed by atoms with Crippen LogP contribution in [0.2, 0.25) is 0 Å². The number of hydrogen-bond donors (Lipinski definition) is 13. The van der Waals surface area contributed by atoms with Crippen molar-refractivity contribution in [3.63, 3.8) is 0 Å². The number of carbonyl (C=O) groups is 10. The number of nitrogens with one attached hydrogen (secondary N) is 7. The molecule has 0 saturated carbocycles. The Hall–Kier alpha value is -5.07. The van der Waals surface area contributed by atoms with Gasteiger partial charge in [-0.25, -0.2) is 0 Å². The summed E-state index contributed by atoms with van der Waals surface area (Å²) in [5, 5.41) is 48.0. The second-order valence-electron chi connectivity index (χ2n) is 17.7. The molecule has 0 unspecified atom stereocenters. The molecule has 0 saturated heterocycles. The van der Waals surface area contributed by atoms with E-state index in [9.17, 15) is 53.1 Å². The molecule has 0 aromatic carbocycles. The van der Waals surface area contributed by atoms with Gasteiger partial charge in [-0.15, -0.1) is 0 Å². The van der Waals surface area contributed by atoms with Crippen LogP contribution in [0.15, 0.2) is 0 Å². The Bertz CT molecular complexity index is 1650. The van der Waals surface area contributed by atoms with E-state index >= 15 is 0 Å². The maximum Gasteiger partial charge on any atom is 0.305 e. The Morgan fingerprint density at radius 3 is 1.59 bits per heavy atom. The molecular formula is C42H76N10O13S. The van der Waals surface area contributed by atoms with Gasteiger partial charge in [-0.1, -0.05) is 61.8 Å². The summed E-state index contributed by atoms with van der Waals surface area (Å²) in [5.41, 5.74) is 16.6. The fraction of sp³-hybridized carbons (Fsp3) is 0.762. The van der Waals surface area contributed by atoms with E-state index in [-0.39, 0.29) is 50.5 Å². The van der Waals surface area contributed by atoms with Crippen molar-refractivity contribution in [1.82, 2.24) is 37.2 Å². The standard InChI is InChI=1S/C42H76N10O13S/c1-10-23(8)35(52-37(60)24(43)11-12-32(55)56)42(65)50-29(17-31(44)54)40(63)47-26(15-20(2)3)30(53)19-46-25(13-14-66-9)38(61)51-34(22(6)7)41(64)49-28(16-21(4)5)39(62)48-27(36(45)59)18-33(57)58/h20-30,34-35,46,53H,10-19,43H2,1-9H3,(H2,44,54)(H2,45,59)(H,47,63)(H,48,62)(H,49,64)(H,50,65)(H,51,61)(H,52,60)(H,55,56)(H,57,58)/t23-,24-,25-,26-,27-,28-,29-,30-,34-,35-/m0/s1. The number of carbonyl (C=O) groups excluding carboxylic acids is 8. The van der Waals surface area contributed by atoms with Crippen molar-refractivity contribution in [3.8, 4) is 0 Å². The molecule has 378 valence electrons. The van der Waals surface area contributed by atoms with Gasteiger partial charge in [-0.2, -0.15) is 11.8 Å². The van der Waals surface area contributed by atoms with Crippen LogP contribution in [0.25, 0.3) is 0 Å². The average molecular weight is 961 g/mol. The van der Waals surface area contributed by atoms with E-state index in [1.54, 1.807) is 41.5 Å². The van der Waals surface area contributed by atoms with Crippen LogP contribution in [0.5, 0.6) is 0 Å². The van der Waals surface area contributed by atoms with Crippen molar-refractivity contribution in [2.45, 2.75) is 161 Å². The second-order valence-corrected chi connectivity index (χ2v) is 18.7. The maximum atomic E-state index is 13.9. The fourth-order valence-electron chi connectivity index (χ4n) is 6.54. The number of nitrogens with two attached hydrogens (primary N) is 3. The molecule has 0 aromatic heterocycles. The Balaban J connectivity index is 6.30. The number of aliphatic hydroxyl groups is 1. The predicted molar refractivity (Wildman–Crippen MR) is 246 cm³/mol. The summed E-state index contributed by atoms with van der Waals surface area (Å²) in [5.74, 6) is -10.0. The molecule has 10 atom stereocenters. The van der Waals surface area contributed by atoms with Crippen LogP contribution in [-0.4, -0.2) is 148 Å². The van der Waals surface area contributed by atoms with Crippen LogP contribution in [-0.2, 0) is 47.9 Å². The van der Waals surface area contributed by atoms with Gasteiger partial charge >= 0.3 is 11.9 Å². The molecule has 0 aliphatic carbocycles. The molecule has 0 aromatic rings. The van der Waals surface area contributed by atoms with Gasteiger partial charge in [0.25, 0.3) is 0 Å². The molecule has 23 nitrogen and oxygen atoms in total. The van der Waals surface area contributed by atoms with Crippen molar-refractivity contribution in [2.75, 3.05) is 18.6 Å². The number of carboxylic acid groups (broad SMARTS) is 2. The third-order valence-corrected chi connectivity index (χ3v) is 11.1. The smallest absolute Gasteiger partial charge is 0.305 e. The van der Waals surface area contributed by atoms with Gasteiger partial charge in [0, 0.05) is 13.0 Å². The summed E-state index contributed by atoms with van der Waals surface area (Å²) in [6.07, 6.45) is -0.624. The van der Waals surface area contributed by atoms with Crippen LogP contribution in [0.3, 0.4) is 0 Å². The molecule has 0 radical (unpaired) electrons. The third-order valence-electron chi connectivity index (χ3n) is 10.5. The summed E-state index contributed by atoms with van der Waals surface area (Å²) >= 11 is 1.43. The van der Waals surface area contributed by atoms with Crippen molar-refractivity contribution >= 4 is 71.0 Å². The van der Waals surface area contributed by atoms with Crippen LogP contribution in [0, 0.1) is 23.7 Å². The van der Waals surface area contributed by atoms with Gasteiger partial charge in [0.2, 0.25) is 47.3 Å².